The van der Waals surface area contributed by atoms with Crippen molar-refractivity contribution in [3.05, 3.63) is 0 Å². The van der Waals surface area contributed by atoms with Crippen molar-refractivity contribution < 1.29 is 23.9 Å². The number of aliphatic carboxylic acids is 1. The van der Waals surface area contributed by atoms with Gasteiger partial charge in [0.2, 0.25) is 0 Å². The van der Waals surface area contributed by atoms with Gasteiger partial charge in [-0.25, -0.2) is 0 Å². The maximum absolute atomic E-state index is 11.3. The number of esters is 1. The number of rotatable bonds is 4. The van der Waals surface area contributed by atoms with Gasteiger partial charge in [0.15, 0.2) is 8.32 Å². The summed E-state index contributed by atoms with van der Waals surface area (Å²) in [7, 11) is -2.01. The van der Waals surface area contributed by atoms with Gasteiger partial charge in [0.1, 0.15) is 12.0 Å². The lowest BCUT2D eigenvalue weighted by Crippen LogP contribution is -2.47. The minimum atomic E-state index is -2.01. The number of ether oxygens (including phenoxy) is 1. The molecule has 110 valence electrons. The zero-order valence-electron chi connectivity index (χ0n) is 12.5. The smallest absolute Gasteiger partial charge is 0.310 e. The fraction of sp³-hybridized carbons (Fsp3) is 0.846. The van der Waals surface area contributed by atoms with Gasteiger partial charge in [-0.1, -0.05) is 20.8 Å². The van der Waals surface area contributed by atoms with Gasteiger partial charge in [-0.05, 0) is 25.1 Å². The van der Waals surface area contributed by atoms with Crippen LogP contribution in [0.1, 0.15) is 34.1 Å². The Labute approximate surface area is 115 Å². The monoisotopic (exact) mass is 288 g/mol. The van der Waals surface area contributed by atoms with E-state index < -0.39 is 38.4 Å². The highest BCUT2D eigenvalue weighted by atomic mass is 28.4. The molecule has 19 heavy (non-hydrogen) atoms. The number of hydrogen-bond acceptors (Lipinski definition) is 4. The first-order valence-electron chi connectivity index (χ1n) is 6.56. The van der Waals surface area contributed by atoms with Gasteiger partial charge in [-0.3, -0.25) is 9.59 Å². The Balaban J connectivity index is 2.80. The van der Waals surface area contributed by atoms with Crippen molar-refractivity contribution in [3.8, 4) is 0 Å². The molecule has 0 aromatic heterocycles. The van der Waals surface area contributed by atoms with Crippen molar-refractivity contribution in [2.24, 2.45) is 5.92 Å². The summed E-state index contributed by atoms with van der Waals surface area (Å²) >= 11 is 0. The van der Waals surface area contributed by atoms with Gasteiger partial charge in [0, 0.05) is 0 Å². The molecule has 0 saturated carbocycles. The Morgan fingerprint density at radius 2 is 2.00 bits per heavy atom. The summed E-state index contributed by atoms with van der Waals surface area (Å²) in [4.78, 5) is 22.5. The first-order chi connectivity index (χ1) is 8.45. The summed E-state index contributed by atoms with van der Waals surface area (Å²) in [5.74, 6) is -2.25. The van der Waals surface area contributed by atoms with Crippen LogP contribution >= 0.6 is 0 Å². The van der Waals surface area contributed by atoms with Crippen molar-refractivity contribution in [2.45, 2.75) is 64.5 Å². The Bertz CT molecular complexity index is 372. The molecule has 5 nitrogen and oxygen atoms in total. The quantitative estimate of drug-likeness (QED) is 0.635. The van der Waals surface area contributed by atoms with E-state index in [0.29, 0.717) is 0 Å². The predicted octanol–water partition coefficient (Wildman–Crippen LogP) is 2.41. The van der Waals surface area contributed by atoms with Crippen LogP contribution in [0.2, 0.25) is 18.1 Å². The van der Waals surface area contributed by atoms with E-state index in [0.717, 1.165) is 0 Å². The molecule has 6 heteroatoms. The van der Waals surface area contributed by atoms with E-state index in [1.54, 1.807) is 6.92 Å². The third-order valence-corrected chi connectivity index (χ3v) is 8.69. The second kappa shape index (κ2) is 5.24. The predicted molar refractivity (Wildman–Crippen MR) is 73.4 cm³/mol. The molecule has 0 aromatic carbocycles. The Kier molecular flexibility index (Phi) is 4.46. The van der Waals surface area contributed by atoms with Crippen LogP contribution in [-0.2, 0) is 18.8 Å². The van der Waals surface area contributed by atoms with Gasteiger partial charge in [0.25, 0.3) is 0 Å². The van der Waals surface area contributed by atoms with Crippen molar-refractivity contribution >= 4 is 20.3 Å². The van der Waals surface area contributed by atoms with Crippen LogP contribution in [0.15, 0.2) is 0 Å². The average molecular weight is 288 g/mol. The largest absolute Gasteiger partial charge is 0.481 e. The number of carbonyl (C=O) groups is 2. The molecule has 1 aliphatic heterocycles. The van der Waals surface area contributed by atoms with Crippen LogP contribution in [0.4, 0.5) is 0 Å². The molecule has 1 saturated heterocycles. The minimum absolute atomic E-state index is 0.0304. The second-order valence-corrected chi connectivity index (χ2v) is 11.4. The topological polar surface area (TPSA) is 72.8 Å². The molecule has 0 bridgehead atoms. The third-order valence-electron chi connectivity index (χ3n) is 4.12. The molecule has 0 amide bonds. The highest BCUT2D eigenvalue weighted by molar-refractivity contribution is 6.74. The third kappa shape index (κ3) is 3.57. The molecule has 1 rings (SSSR count). The number of carboxylic acids is 1. The molecule has 0 aliphatic carbocycles. The molecule has 1 fully saturated rings. The maximum atomic E-state index is 11.3. The summed E-state index contributed by atoms with van der Waals surface area (Å²) in [6.07, 6.45) is -1.14. The highest BCUT2D eigenvalue weighted by Gasteiger charge is 2.47. The average Bonchev–Trinajstić information content (AvgIpc) is 2.58. The molecule has 1 heterocycles. The van der Waals surface area contributed by atoms with E-state index >= 15 is 0 Å². The molecule has 3 atom stereocenters. The zero-order chi connectivity index (χ0) is 15.0. The SMILES string of the molecule is C[C@H](O[Si](C)(C)C(C)(C)C)[C@@H]1OC(=O)C[C@H]1C(=O)O. The number of cyclic esters (lactones) is 1. The Morgan fingerprint density at radius 1 is 1.47 bits per heavy atom. The molecular formula is C13H24O5Si. The Hall–Kier alpha value is -0.883. The van der Waals surface area contributed by atoms with E-state index in [-0.39, 0.29) is 11.5 Å². The fourth-order valence-corrected chi connectivity index (χ4v) is 3.35. The summed E-state index contributed by atoms with van der Waals surface area (Å²) in [6.45, 7) is 12.3. The number of hydrogen-bond donors (Lipinski definition) is 1. The molecule has 0 spiro atoms. The van der Waals surface area contributed by atoms with Crippen molar-refractivity contribution in [3.63, 3.8) is 0 Å². The second-order valence-electron chi connectivity index (χ2n) is 6.69. The van der Waals surface area contributed by atoms with Gasteiger partial charge >= 0.3 is 11.9 Å². The van der Waals surface area contributed by atoms with E-state index in [9.17, 15) is 9.59 Å². The van der Waals surface area contributed by atoms with E-state index in [4.69, 9.17) is 14.3 Å². The van der Waals surface area contributed by atoms with Crippen LogP contribution in [0, 0.1) is 5.92 Å². The normalized spacial score (nSPS) is 26.1. The molecular weight excluding hydrogens is 264 g/mol. The van der Waals surface area contributed by atoms with E-state index in [2.05, 4.69) is 33.9 Å². The van der Waals surface area contributed by atoms with Crippen LogP contribution in [0.25, 0.3) is 0 Å². The van der Waals surface area contributed by atoms with Gasteiger partial charge in [0.05, 0.1) is 12.5 Å². The summed E-state index contributed by atoms with van der Waals surface area (Å²) in [5.41, 5.74) is 0. The van der Waals surface area contributed by atoms with Crippen molar-refractivity contribution in [1.82, 2.24) is 0 Å². The minimum Gasteiger partial charge on any atom is -0.481 e. The Morgan fingerprint density at radius 3 is 2.42 bits per heavy atom. The summed E-state index contributed by atoms with van der Waals surface area (Å²) < 4.78 is 11.2. The molecule has 1 aliphatic rings. The molecule has 0 radical (unpaired) electrons. The zero-order valence-corrected chi connectivity index (χ0v) is 13.5. The molecule has 0 aromatic rings. The van der Waals surface area contributed by atoms with Gasteiger partial charge in [-0.15, -0.1) is 0 Å². The van der Waals surface area contributed by atoms with E-state index in [1.165, 1.54) is 0 Å². The van der Waals surface area contributed by atoms with Crippen LogP contribution in [0.5, 0.6) is 0 Å². The van der Waals surface area contributed by atoms with Crippen molar-refractivity contribution in [2.75, 3.05) is 0 Å². The lowest BCUT2D eigenvalue weighted by atomic mass is 9.98. The maximum Gasteiger partial charge on any atom is 0.310 e. The first kappa shape index (κ1) is 16.2. The fourth-order valence-electron chi connectivity index (χ4n) is 1.94. The highest BCUT2D eigenvalue weighted by Crippen LogP contribution is 2.39. The summed E-state index contributed by atoms with van der Waals surface area (Å²) in [6, 6.07) is 0. The van der Waals surface area contributed by atoms with Crippen molar-refractivity contribution in [1.29, 1.82) is 0 Å². The lowest BCUT2D eigenvalue weighted by Gasteiger charge is -2.39. The van der Waals surface area contributed by atoms with Crippen LogP contribution in [0.3, 0.4) is 0 Å². The summed E-state index contributed by atoms with van der Waals surface area (Å²) in [5, 5.41) is 9.16. The number of carbonyl (C=O) groups excluding carboxylic acids is 1. The van der Waals surface area contributed by atoms with E-state index in [1.807, 2.05) is 0 Å². The number of carboxylic acid groups (broad SMARTS) is 1. The lowest BCUT2D eigenvalue weighted by molar-refractivity contribution is -0.148. The molecule has 1 N–H and O–H groups in total. The van der Waals surface area contributed by atoms with Gasteiger partial charge < -0.3 is 14.3 Å². The van der Waals surface area contributed by atoms with Gasteiger partial charge in [-0.2, -0.15) is 0 Å². The van der Waals surface area contributed by atoms with Crippen LogP contribution in [-0.4, -0.2) is 37.6 Å². The first-order valence-corrected chi connectivity index (χ1v) is 9.46. The molecule has 0 unspecified atom stereocenters. The standard InChI is InChI=1S/C13H24O5Si/c1-8(18-19(5,6)13(2,3)4)11-9(12(15)16)7-10(14)17-11/h8-9,11H,7H2,1-6H3,(H,15,16)/t8-,9+,11-/m0/s1. The van der Waals surface area contributed by atoms with Crippen LogP contribution < -0.4 is 0 Å².